The Balaban J connectivity index is 1.10. The van der Waals surface area contributed by atoms with Crippen LogP contribution in [0, 0.1) is 0 Å². The zero-order valence-electron chi connectivity index (χ0n) is 30.0. The van der Waals surface area contributed by atoms with Gasteiger partial charge in [0.15, 0.2) is 17.5 Å². The van der Waals surface area contributed by atoms with E-state index in [1.807, 2.05) is 12.1 Å². The first-order chi connectivity index (χ1) is 27.7. The Morgan fingerprint density at radius 3 is 1.64 bits per heavy atom. The van der Waals surface area contributed by atoms with E-state index in [1.165, 1.54) is 32.3 Å². The molecular weight excluding hydrogens is 685 g/mol. The van der Waals surface area contributed by atoms with Crippen molar-refractivity contribution in [2.24, 2.45) is 0 Å². The lowest BCUT2D eigenvalue weighted by Crippen LogP contribution is -2.00. The number of hydrogen-bond acceptors (Lipinski definition) is 4. The van der Waals surface area contributed by atoms with Crippen LogP contribution in [0.2, 0.25) is 0 Å². The molecule has 0 amide bonds. The molecule has 5 nitrogen and oxygen atoms in total. The van der Waals surface area contributed by atoms with Gasteiger partial charge in [0.2, 0.25) is 0 Å². The van der Waals surface area contributed by atoms with Crippen molar-refractivity contribution < 1.29 is 4.42 Å². The summed E-state index contributed by atoms with van der Waals surface area (Å²) in [6.45, 7) is 0. The predicted molar refractivity (Wildman–Crippen MR) is 230 cm³/mol. The van der Waals surface area contributed by atoms with E-state index in [1.54, 1.807) is 0 Å². The van der Waals surface area contributed by atoms with Gasteiger partial charge in [-0.05, 0) is 86.9 Å². The lowest BCUT2D eigenvalue weighted by Gasteiger charge is -2.11. The molecule has 0 unspecified atom stereocenters. The number of furan rings is 1. The standard InChI is InChI=1S/C51H30N4O/c1-3-12-33-26-37(22-20-31(33)10-1)49-52-50(38-23-21-32-11-2-4-13-34(32)27-38)54-51(53-49)41-17-9-19-47-48(41)43-30-39(24-25-46(43)56-47)55-44-18-8-7-16-40(44)42-28-35-14-5-6-15-36(35)29-45(42)55/h1-30H. The van der Waals surface area contributed by atoms with E-state index in [2.05, 4.69) is 174 Å². The Morgan fingerprint density at radius 1 is 0.357 bits per heavy atom. The molecule has 0 saturated carbocycles. The lowest BCUT2D eigenvalue weighted by molar-refractivity contribution is 0.669. The molecule has 0 aliphatic rings. The minimum Gasteiger partial charge on any atom is -0.456 e. The number of fused-ring (bicyclic) bond motifs is 9. The SMILES string of the molecule is c1ccc2cc(-c3nc(-c4ccc5ccccc5c4)nc(-c4cccc5oc6ccc(-n7c8ccccc8c8cc9ccccc9cc87)cc6c45)n3)ccc2c1. The molecule has 0 radical (unpaired) electrons. The molecule has 5 heteroatoms. The normalized spacial score (nSPS) is 11.9. The highest BCUT2D eigenvalue weighted by atomic mass is 16.3. The number of benzene rings is 9. The minimum absolute atomic E-state index is 0.591. The molecule has 3 heterocycles. The van der Waals surface area contributed by atoms with Gasteiger partial charge < -0.3 is 8.98 Å². The monoisotopic (exact) mass is 714 g/mol. The fourth-order valence-corrected chi connectivity index (χ4v) is 8.48. The molecule has 0 aliphatic heterocycles. The molecule has 12 aromatic rings. The first-order valence-corrected chi connectivity index (χ1v) is 18.8. The fraction of sp³-hybridized carbons (Fsp3) is 0. The van der Waals surface area contributed by atoms with E-state index in [0.717, 1.165) is 66.1 Å². The van der Waals surface area contributed by atoms with Crippen LogP contribution >= 0.6 is 0 Å². The van der Waals surface area contributed by atoms with E-state index in [4.69, 9.17) is 19.4 Å². The van der Waals surface area contributed by atoms with Gasteiger partial charge in [0.25, 0.3) is 0 Å². The van der Waals surface area contributed by atoms with Gasteiger partial charge in [0.1, 0.15) is 11.2 Å². The van der Waals surface area contributed by atoms with Crippen molar-refractivity contribution in [2.45, 2.75) is 0 Å². The Hall–Kier alpha value is -7.63. The van der Waals surface area contributed by atoms with Crippen molar-refractivity contribution in [3.8, 4) is 39.9 Å². The van der Waals surface area contributed by atoms with Gasteiger partial charge >= 0.3 is 0 Å². The Bertz CT molecular complexity index is 3460. The highest BCUT2D eigenvalue weighted by molar-refractivity contribution is 6.15. The first-order valence-electron chi connectivity index (χ1n) is 18.8. The van der Waals surface area contributed by atoms with Gasteiger partial charge in [-0.2, -0.15) is 0 Å². The van der Waals surface area contributed by atoms with Crippen molar-refractivity contribution >= 4 is 76.1 Å². The molecule has 0 aliphatic carbocycles. The number of hydrogen-bond donors (Lipinski definition) is 0. The van der Waals surface area contributed by atoms with Gasteiger partial charge in [0, 0.05) is 43.9 Å². The molecule has 0 bridgehead atoms. The molecule has 260 valence electrons. The van der Waals surface area contributed by atoms with Crippen LogP contribution in [0.15, 0.2) is 186 Å². The second kappa shape index (κ2) is 11.9. The third kappa shape index (κ3) is 4.78. The maximum atomic E-state index is 6.57. The average Bonchev–Trinajstić information content (AvgIpc) is 3.80. The second-order valence-electron chi connectivity index (χ2n) is 14.5. The first kappa shape index (κ1) is 30.8. The zero-order valence-corrected chi connectivity index (χ0v) is 30.0. The molecule has 56 heavy (non-hydrogen) atoms. The van der Waals surface area contributed by atoms with Gasteiger partial charge in [-0.3, -0.25) is 0 Å². The van der Waals surface area contributed by atoms with Crippen LogP contribution in [-0.4, -0.2) is 19.5 Å². The summed E-state index contributed by atoms with van der Waals surface area (Å²) in [5, 5.41) is 11.5. The van der Waals surface area contributed by atoms with Gasteiger partial charge in [0.05, 0.1) is 11.0 Å². The third-order valence-corrected chi connectivity index (χ3v) is 11.2. The maximum absolute atomic E-state index is 6.57. The highest BCUT2D eigenvalue weighted by Gasteiger charge is 2.20. The highest BCUT2D eigenvalue weighted by Crippen LogP contribution is 2.40. The largest absolute Gasteiger partial charge is 0.456 e. The van der Waals surface area contributed by atoms with E-state index < -0.39 is 0 Å². The smallest absolute Gasteiger partial charge is 0.164 e. The van der Waals surface area contributed by atoms with Crippen LogP contribution < -0.4 is 0 Å². The van der Waals surface area contributed by atoms with E-state index in [-0.39, 0.29) is 0 Å². The van der Waals surface area contributed by atoms with Crippen LogP contribution in [0.5, 0.6) is 0 Å². The lowest BCUT2D eigenvalue weighted by atomic mass is 10.0. The Kier molecular flexibility index (Phi) is 6.56. The van der Waals surface area contributed by atoms with E-state index in [0.29, 0.717) is 17.5 Å². The zero-order chi connectivity index (χ0) is 36.7. The molecule has 0 fully saturated rings. The van der Waals surface area contributed by atoms with Crippen LogP contribution in [0.25, 0.3) is 116 Å². The predicted octanol–water partition coefficient (Wildman–Crippen LogP) is 13.3. The molecule has 12 rings (SSSR count). The van der Waals surface area contributed by atoms with Gasteiger partial charge in [-0.15, -0.1) is 0 Å². The van der Waals surface area contributed by atoms with Crippen LogP contribution in [0.3, 0.4) is 0 Å². The number of para-hydroxylation sites is 1. The molecular formula is C51H30N4O. The second-order valence-corrected chi connectivity index (χ2v) is 14.5. The van der Waals surface area contributed by atoms with Crippen molar-refractivity contribution in [1.82, 2.24) is 19.5 Å². The van der Waals surface area contributed by atoms with E-state index >= 15 is 0 Å². The van der Waals surface area contributed by atoms with Crippen LogP contribution in [0.1, 0.15) is 0 Å². The Morgan fingerprint density at radius 2 is 0.946 bits per heavy atom. The molecule has 3 aromatic heterocycles. The quantitative estimate of drug-likeness (QED) is 0.182. The summed E-state index contributed by atoms with van der Waals surface area (Å²) in [5.74, 6) is 1.83. The van der Waals surface area contributed by atoms with Crippen LogP contribution in [0.4, 0.5) is 0 Å². The fourth-order valence-electron chi connectivity index (χ4n) is 8.48. The van der Waals surface area contributed by atoms with Crippen molar-refractivity contribution in [2.75, 3.05) is 0 Å². The summed E-state index contributed by atoms with van der Waals surface area (Å²) in [7, 11) is 0. The summed E-state index contributed by atoms with van der Waals surface area (Å²) >= 11 is 0. The minimum atomic E-state index is 0.591. The maximum Gasteiger partial charge on any atom is 0.164 e. The molecule has 0 atom stereocenters. The summed E-state index contributed by atoms with van der Waals surface area (Å²) in [6, 6.07) is 64.0. The topological polar surface area (TPSA) is 56.7 Å². The average molecular weight is 715 g/mol. The van der Waals surface area contributed by atoms with Crippen LogP contribution in [-0.2, 0) is 0 Å². The molecule has 0 N–H and O–H groups in total. The van der Waals surface area contributed by atoms with Crippen molar-refractivity contribution in [1.29, 1.82) is 0 Å². The van der Waals surface area contributed by atoms with Gasteiger partial charge in [-0.25, -0.2) is 15.0 Å². The Labute approximate surface area is 320 Å². The van der Waals surface area contributed by atoms with E-state index in [9.17, 15) is 0 Å². The van der Waals surface area contributed by atoms with Gasteiger partial charge in [-0.1, -0.05) is 127 Å². The van der Waals surface area contributed by atoms with Crippen molar-refractivity contribution in [3.05, 3.63) is 182 Å². The third-order valence-electron chi connectivity index (χ3n) is 11.2. The molecule has 9 aromatic carbocycles. The number of rotatable bonds is 4. The summed E-state index contributed by atoms with van der Waals surface area (Å²) < 4.78 is 8.94. The molecule has 0 spiro atoms. The number of nitrogens with zero attached hydrogens (tertiary/aromatic N) is 4. The van der Waals surface area contributed by atoms with Crippen molar-refractivity contribution in [3.63, 3.8) is 0 Å². The summed E-state index contributed by atoms with van der Waals surface area (Å²) in [6.07, 6.45) is 0. The summed E-state index contributed by atoms with van der Waals surface area (Å²) in [5.41, 5.74) is 7.71. The molecule has 0 saturated heterocycles. The number of aromatic nitrogens is 4. The summed E-state index contributed by atoms with van der Waals surface area (Å²) in [4.78, 5) is 15.6.